The van der Waals surface area contributed by atoms with Crippen LogP contribution in [0.1, 0.15) is 28.3 Å². The number of aryl methyl sites for hydroxylation is 2. The van der Waals surface area contributed by atoms with Gasteiger partial charge >= 0.3 is 0 Å². The molecule has 0 saturated heterocycles. The quantitative estimate of drug-likeness (QED) is 0.634. The molecule has 2 aromatic rings. The van der Waals surface area contributed by atoms with Gasteiger partial charge in [0.05, 0.1) is 12.2 Å². The predicted octanol–water partition coefficient (Wildman–Crippen LogP) is 1.84. The Morgan fingerprint density at radius 1 is 1.22 bits per heavy atom. The molecule has 1 atom stereocenters. The van der Waals surface area contributed by atoms with Crippen LogP contribution in [0.15, 0.2) is 36.7 Å². The minimum Gasteiger partial charge on any atom is -0.271 e. The van der Waals surface area contributed by atoms with E-state index < -0.39 is 0 Å². The largest absolute Gasteiger partial charge is 0.271 e. The average molecular weight is 242 g/mol. The van der Waals surface area contributed by atoms with Gasteiger partial charge in [-0.15, -0.1) is 0 Å². The maximum absolute atomic E-state index is 5.64. The second-order valence-corrected chi connectivity index (χ2v) is 4.53. The van der Waals surface area contributed by atoms with Crippen molar-refractivity contribution in [1.82, 2.24) is 15.6 Å². The first kappa shape index (κ1) is 12.7. The van der Waals surface area contributed by atoms with Crippen LogP contribution in [0.25, 0.3) is 0 Å². The summed E-state index contributed by atoms with van der Waals surface area (Å²) in [4.78, 5) is 0. The highest BCUT2D eigenvalue weighted by atomic mass is 15.2. The minimum atomic E-state index is 0.0565. The van der Waals surface area contributed by atoms with Gasteiger partial charge in [-0.25, -0.2) is 0 Å². The zero-order valence-electron chi connectivity index (χ0n) is 10.7. The Bertz CT molecular complexity index is 510. The van der Waals surface area contributed by atoms with Crippen molar-refractivity contribution in [2.45, 2.75) is 26.3 Å². The summed E-state index contributed by atoms with van der Waals surface area (Å²) in [5.41, 5.74) is 7.74. The summed E-state index contributed by atoms with van der Waals surface area (Å²) in [5.74, 6) is 5.64. The number of benzene rings is 1. The van der Waals surface area contributed by atoms with Crippen LogP contribution in [0.2, 0.25) is 0 Å². The van der Waals surface area contributed by atoms with E-state index in [9.17, 15) is 0 Å². The van der Waals surface area contributed by atoms with Crippen LogP contribution < -0.4 is 11.3 Å². The maximum Gasteiger partial charge on any atom is 0.0544 e. The predicted molar refractivity (Wildman–Crippen MR) is 71.7 cm³/mol. The van der Waals surface area contributed by atoms with Crippen molar-refractivity contribution < 1.29 is 0 Å². The van der Waals surface area contributed by atoms with Gasteiger partial charge in [-0.05, 0) is 43.0 Å². The lowest BCUT2D eigenvalue weighted by molar-refractivity contribution is 0.547. The van der Waals surface area contributed by atoms with E-state index in [-0.39, 0.29) is 6.04 Å². The standard InChI is InChI=1S/C14H18N4/c1-10-3-4-11(2)13(7-10)8-14(18-15)12-5-6-16-17-9-12/h3-7,9,14,18H,8,15H2,1-2H3. The van der Waals surface area contributed by atoms with E-state index in [1.54, 1.807) is 12.4 Å². The van der Waals surface area contributed by atoms with Crippen LogP contribution >= 0.6 is 0 Å². The Balaban J connectivity index is 2.23. The molecule has 0 aliphatic carbocycles. The highest BCUT2D eigenvalue weighted by Crippen LogP contribution is 2.20. The fourth-order valence-corrected chi connectivity index (χ4v) is 2.02. The number of hydrazine groups is 1. The Morgan fingerprint density at radius 2 is 2.06 bits per heavy atom. The van der Waals surface area contributed by atoms with Crippen LogP contribution in [0.5, 0.6) is 0 Å². The summed E-state index contributed by atoms with van der Waals surface area (Å²) in [7, 11) is 0. The van der Waals surface area contributed by atoms with Gasteiger partial charge in [0.1, 0.15) is 0 Å². The number of hydrogen-bond donors (Lipinski definition) is 2. The van der Waals surface area contributed by atoms with E-state index >= 15 is 0 Å². The van der Waals surface area contributed by atoms with Gasteiger partial charge in [-0.3, -0.25) is 11.3 Å². The van der Waals surface area contributed by atoms with E-state index in [1.807, 2.05) is 6.07 Å². The molecule has 1 heterocycles. The molecule has 1 aromatic carbocycles. The second-order valence-electron chi connectivity index (χ2n) is 4.53. The summed E-state index contributed by atoms with van der Waals surface area (Å²) in [6.07, 6.45) is 4.27. The Kier molecular flexibility index (Phi) is 4.02. The zero-order chi connectivity index (χ0) is 13.0. The molecule has 0 spiro atoms. The third-order valence-electron chi connectivity index (χ3n) is 3.14. The van der Waals surface area contributed by atoms with Gasteiger partial charge < -0.3 is 0 Å². The maximum atomic E-state index is 5.64. The van der Waals surface area contributed by atoms with E-state index in [2.05, 4.69) is 47.7 Å². The Morgan fingerprint density at radius 3 is 2.72 bits per heavy atom. The third-order valence-corrected chi connectivity index (χ3v) is 3.14. The molecule has 0 bridgehead atoms. The van der Waals surface area contributed by atoms with E-state index in [1.165, 1.54) is 16.7 Å². The lowest BCUT2D eigenvalue weighted by atomic mass is 9.96. The molecule has 0 fully saturated rings. The average Bonchev–Trinajstić information content (AvgIpc) is 2.41. The van der Waals surface area contributed by atoms with E-state index in [4.69, 9.17) is 5.84 Å². The molecule has 0 saturated carbocycles. The fourth-order valence-electron chi connectivity index (χ4n) is 2.02. The fraction of sp³-hybridized carbons (Fsp3) is 0.286. The first-order valence-electron chi connectivity index (χ1n) is 5.99. The summed E-state index contributed by atoms with van der Waals surface area (Å²) >= 11 is 0. The van der Waals surface area contributed by atoms with Crippen LogP contribution in [0, 0.1) is 13.8 Å². The van der Waals surface area contributed by atoms with Gasteiger partial charge in [0, 0.05) is 6.20 Å². The van der Waals surface area contributed by atoms with Crippen molar-refractivity contribution in [3.05, 3.63) is 58.9 Å². The van der Waals surface area contributed by atoms with Crippen molar-refractivity contribution in [2.24, 2.45) is 5.84 Å². The molecule has 94 valence electrons. The lowest BCUT2D eigenvalue weighted by Crippen LogP contribution is -2.29. The molecule has 0 radical (unpaired) electrons. The normalized spacial score (nSPS) is 12.4. The van der Waals surface area contributed by atoms with Gasteiger partial charge in [0.15, 0.2) is 0 Å². The Labute approximate surface area is 107 Å². The minimum absolute atomic E-state index is 0.0565. The SMILES string of the molecule is Cc1ccc(C)c(CC(NN)c2ccnnc2)c1. The lowest BCUT2D eigenvalue weighted by Gasteiger charge is -2.17. The summed E-state index contributed by atoms with van der Waals surface area (Å²) in [5, 5.41) is 7.67. The van der Waals surface area contributed by atoms with Crippen molar-refractivity contribution in [3.63, 3.8) is 0 Å². The highest BCUT2D eigenvalue weighted by molar-refractivity contribution is 5.32. The first-order valence-corrected chi connectivity index (χ1v) is 5.99. The smallest absolute Gasteiger partial charge is 0.0544 e. The topological polar surface area (TPSA) is 63.8 Å². The van der Waals surface area contributed by atoms with Crippen molar-refractivity contribution >= 4 is 0 Å². The molecule has 4 heteroatoms. The molecule has 2 rings (SSSR count). The second kappa shape index (κ2) is 5.71. The monoisotopic (exact) mass is 242 g/mol. The van der Waals surface area contributed by atoms with Gasteiger partial charge in [-0.2, -0.15) is 10.2 Å². The molecule has 4 nitrogen and oxygen atoms in total. The zero-order valence-corrected chi connectivity index (χ0v) is 10.7. The third kappa shape index (κ3) is 2.91. The molecule has 18 heavy (non-hydrogen) atoms. The van der Waals surface area contributed by atoms with Crippen molar-refractivity contribution in [3.8, 4) is 0 Å². The number of hydrogen-bond acceptors (Lipinski definition) is 4. The molecule has 0 aliphatic rings. The van der Waals surface area contributed by atoms with E-state index in [0.29, 0.717) is 0 Å². The van der Waals surface area contributed by atoms with Gasteiger partial charge in [0.25, 0.3) is 0 Å². The summed E-state index contributed by atoms with van der Waals surface area (Å²) in [6.45, 7) is 4.22. The first-order chi connectivity index (χ1) is 8.70. The highest BCUT2D eigenvalue weighted by Gasteiger charge is 2.12. The number of nitrogens with zero attached hydrogens (tertiary/aromatic N) is 2. The number of aromatic nitrogens is 2. The van der Waals surface area contributed by atoms with Crippen molar-refractivity contribution in [1.29, 1.82) is 0 Å². The van der Waals surface area contributed by atoms with Crippen LogP contribution in [0.3, 0.4) is 0 Å². The van der Waals surface area contributed by atoms with Crippen molar-refractivity contribution in [2.75, 3.05) is 0 Å². The van der Waals surface area contributed by atoms with E-state index in [0.717, 1.165) is 12.0 Å². The molecular weight excluding hydrogens is 224 g/mol. The van der Waals surface area contributed by atoms with Gasteiger partial charge in [0.2, 0.25) is 0 Å². The molecule has 3 N–H and O–H groups in total. The molecule has 0 aliphatic heterocycles. The van der Waals surface area contributed by atoms with Crippen LogP contribution in [-0.4, -0.2) is 10.2 Å². The number of nitrogens with one attached hydrogen (secondary N) is 1. The number of rotatable bonds is 4. The van der Waals surface area contributed by atoms with Gasteiger partial charge in [-0.1, -0.05) is 23.8 Å². The van der Waals surface area contributed by atoms with Crippen LogP contribution in [0.4, 0.5) is 0 Å². The molecular formula is C14H18N4. The number of nitrogens with two attached hydrogens (primary N) is 1. The summed E-state index contributed by atoms with van der Waals surface area (Å²) < 4.78 is 0. The summed E-state index contributed by atoms with van der Waals surface area (Å²) in [6, 6.07) is 8.46. The van der Waals surface area contributed by atoms with Crippen LogP contribution in [-0.2, 0) is 6.42 Å². The molecule has 1 unspecified atom stereocenters. The molecule has 1 aromatic heterocycles. The Hall–Kier alpha value is -1.78. The molecule has 0 amide bonds.